The molecule has 7 heteroatoms. The minimum atomic E-state index is -0.242. The van der Waals surface area contributed by atoms with Crippen LogP contribution in [0.2, 0.25) is 0 Å². The topological polar surface area (TPSA) is 87.3 Å². The van der Waals surface area contributed by atoms with Crippen molar-refractivity contribution >= 4 is 17.5 Å². The number of benzene rings is 1. The monoisotopic (exact) mass is 300 g/mol. The van der Waals surface area contributed by atoms with Crippen LogP contribution in [0.25, 0.3) is 0 Å². The Balaban J connectivity index is 1.72. The van der Waals surface area contributed by atoms with Crippen molar-refractivity contribution in [1.29, 1.82) is 0 Å². The summed E-state index contributed by atoms with van der Waals surface area (Å²) in [5, 5.41) is 9.17. The summed E-state index contributed by atoms with van der Waals surface area (Å²) in [5.74, 6) is 0.355. The van der Waals surface area contributed by atoms with E-state index in [1.807, 2.05) is 18.2 Å². The summed E-state index contributed by atoms with van der Waals surface area (Å²) in [4.78, 5) is 25.9. The van der Waals surface area contributed by atoms with Crippen LogP contribution in [-0.4, -0.2) is 41.7 Å². The highest BCUT2D eigenvalue weighted by atomic mass is 16.5. The zero-order chi connectivity index (χ0) is 15.5. The molecule has 0 bridgehead atoms. The Bertz CT molecular complexity index is 684. The highest BCUT2D eigenvalue weighted by molar-refractivity contribution is 5.99. The minimum absolute atomic E-state index is 0.0398. The van der Waals surface area contributed by atoms with Crippen LogP contribution >= 0.6 is 0 Å². The number of carbonyl (C=O) groups is 2. The zero-order valence-electron chi connectivity index (χ0n) is 12.1. The van der Waals surface area contributed by atoms with E-state index in [1.54, 1.807) is 18.1 Å². The van der Waals surface area contributed by atoms with E-state index in [9.17, 15) is 9.59 Å². The Kier molecular flexibility index (Phi) is 3.78. The summed E-state index contributed by atoms with van der Waals surface area (Å²) >= 11 is 0. The summed E-state index contributed by atoms with van der Waals surface area (Å²) in [7, 11) is 1.57. The molecule has 0 spiro atoms. The van der Waals surface area contributed by atoms with Gasteiger partial charge in [-0.3, -0.25) is 14.7 Å². The summed E-state index contributed by atoms with van der Waals surface area (Å²) in [6, 6.07) is 7.10. The molecule has 3 rings (SSSR count). The fraction of sp³-hybridized carbons (Fsp3) is 0.267. The van der Waals surface area contributed by atoms with Gasteiger partial charge in [-0.1, -0.05) is 12.1 Å². The van der Waals surface area contributed by atoms with E-state index in [4.69, 9.17) is 4.74 Å². The maximum atomic E-state index is 12.2. The predicted molar refractivity (Wildman–Crippen MR) is 79.8 cm³/mol. The molecule has 2 amide bonds. The van der Waals surface area contributed by atoms with Gasteiger partial charge in [-0.15, -0.1) is 0 Å². The quantitative estimate of drug-likeness (QED) is 0.880. The molecule has 1 aliphatic heterocycles. The number of nitrogens with zero attached hydrogens (tertiary/aromatic N) is 2. The maximum Gasteiger partial charge on any atom is 0.254 e. The van der Waals surface area contributed by atoms with Gasteiger partial charge in [0.05, 0.1) is 30.6 Å². The number of hydrogen-bond donors (Lipinski definition) is 2. The molecule has 114 valence electrons. The van der Waals surface area contributed by atoms with Crippen LogP contribution in [0.5, 0.6) is 5.75 Å². The first kappa shape index (κ1) is 14.1. The number of para-hydroxylation sites is 2. The Morgan fingerprint density at radius 3 is 3.00 bits per heavy atom. The van der Waals surface area contributed by atoms with Crippen molar-refractivity contribution in [3.63, 3.8) is 0 Å². The molecule has 0 saturated carbocycles. The van der Waals surface area contributed by atoms with Gasteiger partial charge in [-0.25, -0.2) is 0 Å². The number of rotatable bonds is 4. The fourth-order valence-corrected chi connectivity index (χ4v) is 2.53. The molecule has 2 aromatic rings. The Morgan fingerprint density at radius 1 is 1.45 bits per heavy atom. The van der Waals surface area contributed by atoms with Crippen LogP contribution in [0.1, 0.15) is 16.8 Å². The van der Waals surface area contributed by atoms with Gasteiger partial charge in [-0.05, 0) is 12.1 Å². The molecule has 0 radical (unpaired) electrons. The van der Waals surface area contributed by atoms with Gasteiger partial charge in [-0.2, -0.15) is 5.10 Å². The predicted octanol–water partition coefficient (Wildman–Crippen LogP) is 0.954. The molecular weight excluding hydrogens is 284 g/mol. The van der Waals surface area contributed by atoms with Crippen molar-refractivity contribution in [3.05, 3.63) is 42.2 Å². The first-order valence-electron chi connectivity index (χ1n) is 6.92. The van der Waals surface area contributed by atoms with Crippen LogP contribution in [0.15, 0.2) is 36.7 Å². The van der Waals surface area contributed by atoms with Gasteiger partial charge in [0.25, 0.3) is 5.91 Å². The number of nitrogens with one attached hydrogen (secondary N) is 2. The largest absolute Gasteiger partial charge is 0.495 e. The molecule has 2 heterocycles. The minimum Gasteiger partial charge on any atom is -0.495 e. The molecule has 0 aliphatic carbocycles. The second-order valence-corrected chi connectivity index (χ2v) is 5.04. The number of amides is 2. The lowest BCUT2D eigenvalue weighted by atomic mass is 10.2. The van der Waals surface area contributed by atoms with Gasteiger partial charge >= 0.3 is 0 Å². The molecule has 7 nitrogen and oxygen atoms in total. The van der Waals surface area contributed by atoms with Gasteiger partial charge in [0.1, 0.15) is 5.75 Å². The Morgan fingerprint density at radius 2 is 2.27 bits per heavy atom. The van der Waals surface area contributed by atoms with Gasteiger partial charge < -0.3 is 15.0 Å². The van der Waals surface area contributed by atoms with Crippen molar-refractivity contribution in [2.45, 2.75) is 12.5 Å². The first-order valence-corrected chi connectivity index (χ1v) is 6.92. The molecule has 22 heavy (non-hydrogen) atoms. The van der Waals surface area contributed by atoms with Crippen LogP contribution in [0, 0.1) is 0 Å². The Labute approximate surface area is 127 Å². The molecule has 1 aromatic heterocycles. The number of ether oxygens (including phenoxy) is 1. The van der Waals surface area contributed by atoms with Crippen molar-refractivity contribution in [3.8, 4) is 5.75 Å². The zero-order valence-corrected chi connectivity index (χ0v) is 12.1. The summed E-state index contributed by atoms with van der Waals surface area (Å²) in [6.07, 6.45) is 3.23. The van der Waals surface area contributed by atoms with Crippen LogP contribution in [0.4, 0.5) is 5.69 Å². The lowest BCUT2D eigenvalue weighted by molar-refractivity contribution is -0.117. The average Bonchev–Trinajstić information content (AvgIpc) is 3.17. The van der Waals surface area contributed by atoms with Crippen LogP contribution < -0.4 is 15.0 Å². The normalized spacial score (nSPS) is 17.6. The lowest BCUT2D eigenvalue weighted by Crippen LogP contribution is -2.37. The van der Waals surface area contributed by atoms with Gasteiger partial charge in [0, 0.05) is 19.2 Å². The third-order valence-corrected chi connectivity index (χ3v) is 3.60. The maximum absolute atomic E-state index is 12.2. The molecule has 1 fully saturated rings. The van der Waals surface area contributed by atoms with E-state index in [1.165, 1.54) is 12.4 Å². The number of carbonyl (C=O) groups excluding carboxylic acids is 2. The third kappa shape index (κ3) is 2.65. The van der Waals surface area contributed by atoms with E-state index in [0.29, 0.717) is 17.9 Å². The SMILES string of the molecule is COc1ccccc1N1C[C@H](NC(=O)c2cn[nH]c2)CC1=O. The number of hydrogen-bond acceptors (Lipinski definition) is 4. The number of aromatic amines is 1. The van der Waals surface area contributed by atoms with Crippen LogP contribution in [0.3, 0.4) is 0 Å². The highest BCUT2D eigenvalue weighted by Gasteiger charge is 2.33. The molecule has 0 unspecified atom stereocenters. The molecular formula is C15H16N4O3. The summed E-state index contributed by atoms with van der Waals surface area (Å²) in [6.45, 7) is 0.419. The highest BCUT2D eigenvalue weighted by Crippen LogP contribution is 2.30. The lowest BCUT2D eigenvalue weighted by Gasteiger charge is -2.19. The molecule has 1 saturated heterocycles. The van der Waals surface area contributed by atoms with E-state index < -0.39 is 0 Å². The second kappa shape index (κ2) is 5.88. The van der Waals surface area contributed by atoms with E-state index >= 15 is 0 Å². The third-order valence-electron chi connectivity index (χ3n) is 3.60. The van der Waals surface area contributed by atoms with Gasteiger partial charge in [0.15, 0.2) is 0 Å². The second-order valence-electron chi connectivity index (χ2n) is 5.04. The van der Waals surface area contributed by atoms with Crippen molar-refractivity contribution in [2.75, 3.05) is 18.6 Å². The average molecular weight is 300 g/mol. The Hall–Kier alpha value is -2.83. The molecule has 1 atom stereocenters. The number of methoxy groups -OCH3 is 1. The summed E-state index contributed by atoms with van der Waals surface area (Å²) in [5.41, 5.74) is 1.17. The number of H-pyrrole nitrogens is 1. The number of anilines is 1. The molecule has 2 N–H and O–H groups in total. The van der Waals surface area contributed by atoms with Gasteiger partial charge in [0.2, 0.25) is 5.91 Å². The first-order chi connectivity index (χ1) is 10.7. The fourth-order valence-electron chi connectivity index (χ4n) is 2.53. The van der Waals surface area contributed by atoms with Crippen LogP contribution in [-0.2, 0) is 4.79 Å². The summed E-state index contributed by atoms with van der Waals surface area (Å²) < 4.78 is 5.29. The van der Waals surface area contributed by atoms with Crippen molar-refractivity contribution < 1.29 is 14.3 Å². The van der Waals surface area contributed by atoms with E-state index in [-0.39, 0.29) is 24.3 Å². The smallest absolute Gasteiger partial charge is 0.254 e. The number of aromatic nitrogens is 2. The van der Waals surface area contributed by atoms with E-state index in [0.717, 1.165) is 5.69 Å². The molecule has 1 aliphatic rings. The standard InChI is InChI=1S/C15H16N4O3/c1-22-13-5-3-2-4-12(13)19-9-11(6-14(19)20)18-15(21)10-7-16-17-8-10/h2-5,7-8,11H,6,9H2,1H3,(H,16,17)(H,18,21)/t11-/m1/s1. The van der Waals surface area contributed by atoms with Crippen molar-refractivity contribution in [1.82, 2.24) is 15.5 Å². The van der Waals surface area contributed by atoms with E-state index in [2.05, 4.69) is 15.5 Å². The van der Waals surface area contributed by atoms with Crippen molar-refractivity contribution in [2.24, 2.45) is 0 Å². The molecule has 1 aromatic carbocycles.